The van der Waals surface area contributed by atoms with Crippen molar-refractivity contribution in [3.05, 3.63) is 58.2 Å². The predicted octanol–water partition coefficient (Wildman–Crippen LogP) is 6.52. The highest BCUT2D eigenvalue weighted by atomic mass is 32.1. The summed E-state index contributed by atoms with van der Waals surface area (Å²) in [5.74, 6) is -1.34. The zero-order valence-corrected chi connectivity index (χ0v) is 33.4. The molecule has 2 amide bonds. The number of hydrazine groups is 1. The molecular formula is C40H54N6O7S. The maximum Gasteiger partial charge on any atom is 0.408 e. The molecular weight excluding hydrogens is 709 g/mol. The number of fused-ring (bicyclic) bond motifs is 1. The molecule has 4 heterocycles. The molecule has 0 radical (unpaired) electrons. The number of ether oxygens (including phenoxy) is 2. The highest BCUT2D eigenvalue weighted by Crippen LogP contribution is 2.41. The Kier molecular flexibility index (Phi) is 12.8. The Morgan fingerprint density at radius 1 is 1.17 bits per heavy atom. The number of carboxylic acids is 1. The molecule has 1 aliphatic heterocycles. The summed E-state index contributed by atoms with van der Waals surface area (Å²) in [6.07, 6.45) is 2.68. The first-order chi connectivity index (χ1) is 25.5. The lowest BCUT2D eigenvalue weighted by Gasteiger charge is -2.35. The van der Waals surface area contributed by atoms with Crippen LogP contribution in [0.15, 0.2) is 41.9 Å². The number of pyridine rings is 1. The van der Waals surface area contributed by atoms with Crippen LogP contribution in [0.4, 0.5) is 4.79 Å². The lowest BCUT2D eigenvalue weighted by molar-refractivity contribution is -0.143. The van der Waals surface area contributed by atoms with Gasteiger partial charge in [0.1, 0.15) is 11.6 Å². The summed E-state index contributed by atoms with van der Waals surface area (Å²) < 4.78 is 13.5. The van der Waals surface area contributed by atoms with E-state index in [1.807, 2.05) is 24.4 Å². The highest BCUT2D eigenvalue weighted by Gasteiger charge is 2.33. The summed E-state index contributed by atoms with van der Waals surface area (Å²) in [5, 5.41) is 27.5. The van der Waals surface area contributed by atoms with Gasteiger partial charge in [-0.05, 0) is 89.1 Å². The Bertz CT molecular complexity index is 1970. The van der Waals surface area contributed by atoms with E-state index < -0.39 is 41.1 Å². The minimum Gasteiger partial charge on any atom is -0.481 e. The van der Waals surface area contributed by atoms with Gasteiger partial charge in [-0.2, -0.15) is 0 Å². The third-order valence-electron chi connectivity index (χ3n) is 9.58. The van der Waals surface area contributed by atoms with Gasteiger partial charge in [-0.1, -0.05) is 19.9 Å². The molecule has 0 saturated carbocycles. The van der Waals surface area contributed by atoms with Crippen molar-refractivity contribution in [1.82, 2.24) is 30.3 Å². The fourth-order valence-corrected chi connectivity index (χ4v) is 7.76. The number of aliphatic hydroxyl groups excluding tert-OH is 1. The van der Waals surface area contributed by atoms with Crippen molar-refractivity contribution in [2.45, 2.75) is 111 Å². The van der Waals surface area contributed by atoms with Crippen LogP contribution in [0, 0.1) is 5.41 Å². The molecule has 292 valence electrons. The van der Waals surface area contributed by atoms with Gasteiger partial charge in [0.2, 0.25) is 0 Å². The summed E-state index contributed by atoms with van der Waals surface area (Å²) in [4.78, 5) is 47.9. The molecule has 1 aliphatic rings. The first-order valence-corrected chi connectivity index (χ1v) is 19.4. The SMILES string of the molecule is CCn1c(-c2cccnc2[C@H](C)OC)c(CC(C)(C)CO)c2cc(-c3csc(C[C@H](NC(=O)OC(C)(C)C)C(=O)N4CCC[C@@H](CC(=O)O)N4)n3)ccc21. The number of carbonyl (C=O) groups excluding carboxylic acids is 2. The number of hydrogen-bond acceptors (Lipinski definition) is 10. The van der Waals surface area contributed by atoms with Crippen LogP contribution in [0.2, 0.25) is 0 Å². The number of carboxylic acid groups (broad SMARTS) is 1. The average molecular weight is 763 g/mol. The Labute approximate surface area is 321 Å². The van der Waals surface area contributed by atoms with E-state index in [2.05, 4.69) is 54.3 Å². The van der Waals surface area contributed by atoms with Crippen LogP contribution >= 0.6 is 11.3 Å². The van der Waals surface area contributed by atoms with Gasteiger partial charge in [0.25, 0.3) is 5.91 Å². The van der Waals surface area contributed by atoms with Crippen molar-refractivity contribution < 1.29 is 34.1 Å². The van der Waals surface area contributed by atoms with Crippen molar-refractivity contribution in [2.24, 2.45) is 5.41 Å². The minimum absolute atomic E-state index is 0.0130. The van der Waals surface area contributed by atoms with E-state index in [9.17, 15) is 24.6 Å². The van der Waals surface area contributed by atoms with Gasteiger partial charge >= 0.3 is 12.1 Å². The molecule has 0 unspecified atom stereocenters. The van der Waals surface area contributed by atoms with Gasteiger partial charge in [0, 0.05) is 72.9 Å². The van der Waals surface area contributed by atoms with E-state index >= 15 is 0 Å². The summed E-state index contributed by atoms with van der Waals surface area (Å²) in [6.45, 7) is 14.6. The molecule has 0 spiro atoms. The number of methoxy groups -OCH3 is 1. The zero-order valence-electron chi connectivity index (χ0n) is 32.6. The number of thiazole rings is 1. The van der Waals surface area contributed by atoms with E-state index in [-0.39, 0.29) is 25.6 Å². The van der Waals surface area contributed by atoms with Crippen LogP contribution in [-0.2, 0) is 38.4 Å². The number of aromatic nitrogens is 3. The lowest BCUT2D eigenvalue weighted by Crippen LogP contribution is -2.59. The molecule has 3 aromatic heterocycles. The Morgan fingerprint density at radius 3 is 2.59 bits per heavy atom. The molecule has 5 rings (SSSR count). The maximum absolute atomic E-state index is 13.9. The van der Waals surface area contributed by atoms with Crippen molar-refractivity contribution in [1.29, 1.82) is 0 Å². The van der Waals surface area contributed by atoms with Crippen molar-refractivity contribution in [2.75, 3.05) is 20.3 Å². The molecule has 1 saturated heterocycles. The number of hydrogen-bond donors (Lipinski definition) is 4. The number of aliphatic hydroxyl groups is 1. The van der Waals surface area contributed by atoms with E-state index in [4.69, 9.17) is 19.4 Å². The quantitative estimate of drug-likeness (QED) is 0.111. The van der Waals surface area contributed by atoms with Crippen LogP contribution in [0.25, 0.3) is 33.4 Å². The zero-order chi connectivity index (χ0) is 39.4. The molecule has 14 heteroatoms. The molecule has 13 nitrogen and oxygen atoms in total. The predicted molar refractivity (Wildman–Crippen MR) is 209 cm³/mol. The number of benzene rings is 1. The van der Waals surface area contributed by atoms with Gasteiger partial charge in [-0.15, -0.1) is 11.3 Å². The first-order valence-electron chi connectivity index (χ1n) is 18.5. The average Bonchev–Trinajstić information content (AvgIpc) is 3.71. The molecule has 4 aromatic rings. The Balaban J connectivity index is 1.52. The number of carbonyl (C=O) groups is 3. The molecule has 4 N–H and O–H groups in total. The number of alkyl carbamates (subject to hydrolysis) is 1. The summed E-state index contributed by atoms with van der Waals surface area (Å²) in [7, 11) is 1.68. The van der Waals surface area contributed by atoms with Crippen molar-refractivity contribution in [3.63, 3.8) is 0 Å². The lowest BCUT2D eigenvalue weighted by atomic mass is 9.84. The molecule has 0 bridgehead atoms. The van der Waals surface area contributed by atoms with Gasteiger partial charge in [-0.3, -0.25) is 19.6 Å². The van der Waals surface area contributed by atoms with Crippen LogP contribution < -0.4 is 10.7 Å². The Hall–Kier alpha value is -4.37. The largest absolute Gasteiger partial charge is 0.481 e. The fourth-order valence-electron chi connectivity index (χ4n) is 6.91. The van der Waals surface area contributed by atoms with E-state index in [0.717, 1.165) is 44.7 Å². The number of nitrogens with one attached hydrogen (secondary N) is 2. The second-order valence-electron chi connectivity index (χ2n) is 15.7. The Morgan fingerprint density at radius 2 is 1.93 bits per heavy atom. The fraction of sp³-hybridized carbons (Fsp3) is 0.525. The smallest absolute Gasteiger partial charge is 0.408 e. The normalized spacial score (nSPS) is 16.3. The summed E-state index contributed by atoms with van der Waals surface area (Å²) >= 11 is 1.39. The topological polar surface area (TPSA) is 168 Å². The van der Waals surface area contributed by atoms with E-state index in [1.54, 1.807) is 34.1 Å². The molecule has 3 atom stereocenters. The monoisotopic (exact) mass is 762 g/mol. The third kappa shape index (κ3) is 9.64. The van der Waals surface area contributed by atoms with Crippen LogP contribution in [-0.4, -0.2) is 85.7 Å². The van der Waals surface area contributed by atoms with Crippen molar-refractivity contribution >= 4 is 40.2 Å². The van der Waals surface area contributed by atoms with Gasteiger partial charge in [0.15, 0.2) is 0 Å². The number of amides is 2. The summed E-state index contributed by atoms with van der Waals surface area (Å²) in [5.41, 5.74) is 8.51. The maximum atomic E-state index is 13.9. The van der Waals surface area contributed by atoms with E-state index in [0.29, 0.717) is 37.4 Å². The summed E-state index contributed by atoms with van der Waals surface area (Å²) in [6, 6.07) is 8.91. The van der Waals surface area contributed by atoms with Crippen LogP contribution in [0.5, 0.6) is 0 Å². The van der Waals surface area contributed by atoms with Crippen LogP contribution in [0.1, 0.15) is 90.1 Å². The van der Waals surface area contributed by atoms with Crippen LogP contribution in [0.3, 0.4) is 0 Å². The third-order valence-corrected chi connectivity index (χ3v) is 10.4. The number of aliphatic carboxylic acids is 1. The molecule has 1 fully saturated rings. The van der Waals surface area contributed by atoms with Gasteiger partial charge in [0.05, 0.1) is 34.6 Å². The number of rotatable bonds is 14. The van der Waals surface area contributed by atoms with Gasteiger partial charge < -0.3 is 29.6 Å². The molecule has 1 aromatic carbocycles. The van der Waals surface area contributed by atoms with Crippen molar-refractivity contribution in [3.8, 4) is 22.5 Å². The molecule has 0 aliphatic carbocycles. The minimum atomic E-state index is -1.01. The first kappa shape index (κ1) is 40.8. The number of nitrogens with zero attached hydrogens (tertiary/aromatic N) is 4. The molecule has 54 heavy (non-hydrogen) atoms. The van der Waals surface area contributed by atoms with E-state index in [1.165, 1.54) is 16.3 Å². The highest BCUT2D eigenvalue weighted by molar-refractivity contribution is 7.10. The second-order valence-corrected chi connectivity index (χ2v) is 16.6. The van der Waals surface area contributed by atoms with Gasteiger partial charge in [-0.25, -0.2) is 15.2 Å². The number of aryl methyl sites for hydroxylation is 1. The standard InChI is InChI=1S/C40H54N6O7S/c1-9-45-32-15-14-25(18-28(32)29(21-40(6,7)23-47)36(45)27-13-10-16-41-35(27)24(2)52-8)31-22-54-33(42-31)20-30(43-38(51)53-39(3,4)5)37(50)46-17-11-12-26(44-46)19-34(48)49/h10,13-16,18,22,24,26,30,44,47H,9,11-12,17,19-21,23H2,1-8H3,(H,43,51)(H,48,49)/t24-,26-,30-/m0/s1. The second kappa shape index (κ2) is 17.0.